The van der Waals surface area contributed by atoms with Crippen molar-refractivity contribution in [3.05, 3.63) is 29.2 Å². The standard InChI is InChI=1S/C6H5Br2NO/c7-5-3-1-2-4-6(5,8)9-10/h1-5H. The second-order valence-electron chi connectivity index (χ2n) is 1.96. The van der Waals surface area contributed by atoms with Crippen LogP contribution in [0.5, 0.6) is 0 Å². The average Bonchev–Trinajstić information content (AvgIpc) is 1.96. The van der Waals surface area contributed by atoms with Crippen molar-refractivity contribution < 1.29 is 0 Å². The van der Waals surface area contributed by atoms with Crippen molar-refractivity contribution >= 4 is 31.9 Å². The molecule has 10 heavy (non-hydrogen) atoms. The van der Waals surface area contributed by atoms with Crippen LogP contribution < -0.4 is 0 Å². The smallest absolute Gasteiger partial charge is 0.149 e. The van der Waals surface area contributed by atoms with Gasteiger partial charge in [0.05, 0.1) is 4.83 Å². The van der Waals surface area contributed by atoms with E-state index >= 15 is 0 Å². The van der Waals surface area contributed by atoms with Gasteiger partial charge in [-0.15, -0.1) is 4.91 Å². The fourth-order valence-electron chi connectivity index (χ4n) is 0.660. The molecule has 0 aliphatic heterocycles. The molecule has 2 nitrogen and oxygen atoms in total. The lowest BCUT2D eigenvalue weighted by Gasteiger charge is -2.20. The maximum Gasteiger partial charge on any atom is 0.191 e. The largest absolute Gasteiger partial charge is 0.191 e. The minimum absolute atomic E-state index is 0.0532. The molecule has 0 spiro atoms. The molecule has 0 fully saturated rings. The van der Waals surface area contributed by atoms with Crippen LogP contribution >= 0.6 is 31.9 Å². The van der Waals surface area contributed by atoms with Gasteiger partial charge in [-0.3, -0.25) is 0 Å². The summed E-state index contributed by atoms with van der Waals surface area (Å²) in [6.45, 7) is 0. The third-order valence-corrected chi connectivity index (χ3v) is 3.77. The predicted molar refractivity (Wildman–Crippen MR) is 48.4 cm³/mol. The molecule has 2 unspecified atom stereocenters. The van der Waals surface area contributed by atoms with Gasteiger partial charge in [0.1, 0.15) is 0 Å². The summed E-state index contributed by atoms with van der Waals surface area (Å²) in [6.07, 6.45) is 7.22. The molecule has 0 aromatic heterocycles. The Hall–Kier alpha value is 0.0400. The van der Waals surface area contributed by atoms with Gasteiger partial charge in [0, 0.05) is 0 Å². The lowest BCUT2D eigenvalue weighted by Crippen LogP contribution is -2.26. The minimum atomic E-state index is -0.790. The Kier molecular flexibility index (Phi) is 2.41. The molecule has 1 aliphatic rings. The van der Waals surface area contributed by atoms with Gasteiger partial charge < -0.3 is 0 Å². The Labute approximate surface area is 75.6 Å². The van der Waals surface area contributed by atoms with Gasteiger partial charge in [-0.25, -0.2) is 0 Å². The number of hydrogen-bond acceptors (Lipinski definition) is 2. The third-order valence-electron chi connectivity index (χ3n) is 1.25. The highest BCUT2D eigenvalue weighted by Gasteiger charge is 2.33. The molecule has 0 aromatic rings. The SMILES string of the molecule is O=NC1(Br)C=CC=CC1Br. The van der Waals surface area contributed by atoms with Crippen LogP contribution in [0.25, 0.3) is 0 Å². The zero-order valence-corrected chi connectivity index (χ0v) is 8.17. The first-order valence-electron chi connectivity index (χ1n) is 2.72. The second kappa shape index (κ2) is 2.96. The lowest BCUT2D eigenvalue weighted by atomic mass is 10.1. The lowest BCUT2D eigenvalue weighted by molar-refractivity contribution is 0.793. The zero-order valence-electron chi connectivity index (χ0n) is 5.00. The fourth-order valence-corrected chi connectivity index (χ4v) is 1.38. The normalized spacial score (nSPS) is 38.0. The van der Waals surface area contributed by atoms with E-state index in [4.69, 9.17) is 0 Å². The summed E-state index contributed by atoms with van der Waals surface area (Å²) in [4.78, 5) is 10.2. The van der Waals surface area contributed by atoms with Gasteiger partial charge in [-0.1, -0.05) is 34.2 Å². The molecule has 0 saturated heterocycles. The van der Waals surface area contributed by atoms with Crippen molar-refractivity contribution in [2.75, 3.05) is 0 Å². The van der Waals surface area contributed by atoms with Gasteiger partial charge in [-0.05, 0) is 27.2 Å². The van der Waals surface area contributed by atoms with E-state index in [1.807, 2.05) is 12.2 Å². The first kappa shape index (κ1) is 8.14. The van der Waals surface area contributed by atoms with E-state index in [-0.39, 0.29) is 4.83 Å². The Balaban J connectivity index is 2.87. The molecule has 0 amide bonds. The highest BCUT2D eigenvalue weighted by molar-refractivity contribution is 9.12. The molecule has 0 N–H and O–H groups in total. The monoisotopic (exact) mass is 265 g/mol. The van der Waals surface area contributed by atoms with E-state index in [2.05, 4.69) is 37.0 Å². The Morgan fingerprint density at radius 1 is 1.50 bits per heavy atom. The van der Waals surface area contributed by atoms with Crippen LogP contribution in [-0.2, 0) is 0 Å². The van der Waals surface area contributed by atoms with Crippen LogP contribution in [0, 0.1) is 4.91 Å². The van der Waals surface area contributed by atoms with Gasteiger partial charge in [0.2, 0.25) is 0 Å². The Morgan fingerprint density at radius 3 is 2.60 bits per heavy atom. The molecule has 0 aromatic carbocycles. The van der Waals surface area contributed by atoms with Crippen molar-refractivity contribution in [1.29, 1.82) is 0 Å². The summed E-state index contributed by atoms with van der Waals surface area (Å²) >= 11 is 6.49. The topological polar surface area (TPSA) is 29.4 Å². The van der Waals surface area contributed by atoms with Crippen LogP contribution in [0.1, 0.15) is 0 Å². The van der Waals surface area contributed by atoms with E-state index in [1.165, 1.54) is 0 Å². The van der Waals surface area contributed by atoms with Crippen molar-refractivity contribution in [2.45, 2.75) is 9.28 Å². The summed E-state index contributed by atoms with van der Waals surface area (Å²) in [6, 6.07) is 0. The predicted octanol–water partition coefficient (Wildman–Crippen LogP) is 2.73. The van der Waals surface area contributed by atoms with Gasteiger partial charge in [0.15, 0.2) is 4.45 Å². The first-order chi connectivity index (χ1) is 4.69. The van der Waals surface area contributed by atoms with Gasteiger partial charge >= 0.3 is 0 Å². The summed E-state index contributed by atoms with van der Waals surface area (Å²) in [5, 5.41) is 2.94. The molecule has 0 radical (unpaired) electrons. The van der Waals surface area contributed by atoms with Crippen molar-refractivity contribution in [3.63, 3.8) is 0 Å². The molecule has 1 aliphatic carbocycles. The maximum atomic E-state index is 10.3. The third kappa shape index (κ3) is 1.37. The quantitative estimate of drug-likeness (QED) is 0.408. The molecular weight excluding hydrogens is 262 g/mol. The Bertz CT molecular complexity index is 202. The van der Waals surface area contributed by atoms with Crippen LogP contribution in [-0.4, -0.2) is 9.28 Å². The fraction of sp³-hybridized carbons (Fsp3) is 0.333. The highest BCUT2D eigenvalue weighted by Crippen LogP contribution is 2.34. The van der Waals surface area contributed by atoms with Crippen LogP contribution in [0.4, 0.5) is 0 Å². The van der Waals surface area contributed by atoms with Crippen molar-refractivity contribution in [3.8, 4) is 0 Å². The molecule has 2 atom stereocenters. The maximum absolute atomic E-state index is 10.3. The summed E-state index contributed by atoms with van der Waals surface area (Å²) in [7, 11) is 0. The first-order valence-corrected chi connectivity index (χ1v) is 4.43. The molecular formula is C6H5Br2NO. The molecule has 4 heteroatoms. The van der Waals surface area contributed by atoms with Gasteiger partial charge in [-0.2, -0.15) is 0 Å². The van der Waals surface area contributed by atoms with E-state index in [1.54, 1.807) is 12.2 Å². The molecule has 54 valence electrons. The number of rotatable bonds is 1. The number of hydrogen-bond donors (Lipinski definition) is 0. The van der Waals surface area contributed by atoms with Crippen molar-refractivity contribution in [1.82, 2.24) is 0 Å². The molecule has 0 heterocycles. The van der Waals surface area contributed by atoms with E-state index in [0.29, 0.717) is 0 Å². The molecule has 0 bridgehead atoms. The van der Waals surface area contributed by atoms with Crippen LogP contribution in [0.3, 0.4) is 0 Å². The van der Waals surface area contributed by atoms with E-state index < -0.39 is 4.45 Å². The number of nitrogens with zero attached hydrogens (tertiary/aromatic N) is 1. The Morgan fingerprint density at radius 2 is 2.20 bits per heavy atom. The minimum Gasteiger partial charge on any atom is -0.149 e. The molecule has 1 rings (SSSR count). The van der Waals surface area contributed by atoms with Crippen LogP contribution in [0.15, 0.2) is 29.5 Å². The number of halogens is 2. The average molecular weight is 267 g/mol. The van der Waals surface area contributed by atoms with E-state index in [0.717, 1.165) is 0 Å². The van der Waals surface area contributed by atoms with E-state index in [9.17, 15) is 4.91 Å². The highest BCUT2D eigenvalue weighted by atomic mass is 79.9. The second-order valence-corrected chi connectivity index (χ2v) is 4.22. The number of alkyl halides is 2. The summed E-state index contributed by atoms with van der Waals surface area (Å²) in [5.41, 5.74) is 0. The summed E-state index contributed by atoms with van der Waals surface area (Å²) in [5.74, 6) is 0. The number of allylic oxidation sites excluding steroid dienone is 2. The van der Waals surface area contributed by atoms with Crippen molar-refractivity contribution in [2.24, 2.45) is 5.18 Å². The van der Waals surface area contributed by atoms with Gasteiger partial charge in [0.25, 0.3) is 0 Å². The zero-order chi connectivity index (χ0) is 7.61. The summed E-state index contributed by atoms with van der Waals surface area (Å²) < 4.78 is -0.790. The van der Waals surface area contributed by atoms with Crippen LogP contribution in [0.2, 0.25) is 0 Å². The molecule has 0 saturated carbocycles. The number of nitroso groups, excluding NO2 is 1.